The Bertz CT molecular complexity index is 1330. The molecule has 0 aliphatic carbocycles. The Labute approximate surface area is 236 Å². The van der Waals surface area contributed by atoms with Crippen LogP contribution in [0.5, 0.6) is 0 Å². The van der Waals surface area contributed by atoms with E-state index in [0.29, 0.717) is 24.4 Å². The molecule has 208 valence electrons. The first-order valence-electron chi connectivity index (χ1n) is 13.1. The van der Waals surface area contributed by atoms with E-state index in [0.717, 1.165) is 9.87 Å². The fourth-order valence-corrected chi connectivity index (χ4v) is 5.81. The first-order chi connectivity index (χ1) is 18.6. The van der Waals surface area contributed by atoms with Crippen molar-refractivity contribution >= 4 is 39.1 Å². The van der Waals surface area contributed by atoms with Gasteiger partial charge in [0.2, 0.25) is 11.8 Å². The summed E-state index contributed by atoms with van der Waals surface area (Å²) in [7, 11) is -4.11. The lowest BCUT2D eigenvalue weighted by atomic mass is 10.1. The zero-order valence-electron chi connectivity index (χ0n) is 22.6. The van der Waals surface area contributed by atoms with Gasteiger partial charge in [-0.25, -0.2) is 8.42 Å². The lowest BCUT2D eigenvalue weighted by Gasteiger charge is -2.33. The predicted molar refractivity (Wildman–Crippen MR) is 156 cm³/mol. The number of hydrogen-bond donors (Lipinski definition) is 1. The molecule has 0 bridgehead atoms. The number of carbonyl (C=O) groups excluding carboxylic acids is 2. The van der Waals surface area contributed by atoms with Crippen molar-refractivity contribution in [3.63, 3.8) is 0 Å². The van der Waals surface area contributed by atoms with Crippen LogP contribution < -0.4 is 9.62 Å². The van der Waals surface area contributed by atoms with Crippen molar-refractivity contribution in [3.05, 3.63) is 95.5 Å². The molecule has 0 fully saturated rings. The normalized spacial score (nSPS) is 12.1. The van der Waals surface area contributed by atoms with Crippen LogP contribution in [-0.2, 0) is 26.0 Å². The molecular weight excluding hydrogens is 534 g/mol. The summed E-state index contributed by atoms with van der Waals surface area (Å²) in [4.78, 5) is 28.7. The summed E-state index contributed by atoms with van der Waals surface area (Å²) in [5, 5.41) is 3.27. The second-order valence-electron chi connectivity index (χ2n) is 9.69. The average Bonchev–Trinajstić information content (AvgIpc) is 2.93. The van der Waals surface area contributed by atoms with E-state index in [9.17, 15) is 18.0 Å². The predicted octanol–water partition coefficient (Wildman–Crippen LogP) is 5.16. The first-order valence-corrected chi connectivity index (χ1v) is 14.9. The summed E-state index contributed by atoms with van der Waals surface area (Å²) >= 11 is 6.21. The smallest absolute Gasteiger partial charge is 0.264 e. The number of nitrogens with one attached hydrogen (secondary N) is 1. The molecule has 1 atom stereocenters. The summed E-state index contributed by atoms with van der Waals surface area (Å²) in [6, 6.07) is 23.2. The van der Waals surface area contributed by atoms with Crippen molar-refractivity contribution in [2.75, 3.05) is 23.9 Å². The third kappa shape index (κ3) is 8.31. The monoisotopic (exact) mass is 569 g/mol. The van der Waals surface area contributed by atoms with Crippen molar-refractivity contribution in [2.45, 2.75) is 44.6 Å². The van der Waals surface area contributed by atoms with E-state index in [1.54, 1.807) is 36.4 Å². The van der Waals surface area contributed by atoms with E-state index < -0.39 is 28.5 Å². The quantitative estimate of drug-likeness (QED) is 0.308. The highest BCUT2D eigenvalue weighted by molar-refractivity contribution is 7.92. The maximum atomic E-state index is 14.0. The molecule has 3 rings (SSSR count). The zero-order chi connectivity index (χ0) is 28.4. The van der Waals surface area contributed by atoms with Crippen LogP contribution in [0.1, 0.15) is 32.8 Å². The first kappa shape index (κ1) is 30.2. The molecular formula is C30H36ClN3O4S. The molecule has 39 heavy (non-hydrogen) atoms. The van der Waals surface area contributed by atoms with Gasteiger partial charge in [-0.15, -0.1) is 0 Å². The topological polar surface area (TPSA) is 86.8 Å². The van der Waals surface area contributed by atoms with Crippen molar-refractivity contribution < 1.29 is 18.0 Å². The van der Waals surface area contributed by atoms with Crippen LogP contribution in [0.4, 0.5) is 5.69 Å². The Kier molecular flexibility index (Phi) is 10.9. The third-order valence-electron chi connectivity index (χ3n) is 6.26. The number of benzene rings is 3. The van der Waals surface area contributed by atoms with Crippen molar-refractivity contribution in [3.8, 4) is 0 Å². The van der Waals surface area contributed by atoms with Gasteiger partial charge in [0.25, 0.3) is 10.0 Å². The minimum atomic E-state index is -4.11. The Balaban J connectivity index is 1.98. The lowest BCUT2D eigenvalue weighted by Crippen LogP contribution is -2.53. The van der Waals surface area contributed by atoms with Crippen LogP contribution in [0.2, 0.25) is 5.02 Å². The highest BCUT2D eigenvalue weighted by atomic mass is 35.5. The number of rotatable bonds is 13. The van der Waals surface area contributed by atoms with Crippen LogP contribution in [0.25, 0.3) is 0 Å². The molecule has 0 radical (unpaired) electrons. The molecule has 9 heteroatoms. The molecule has 0 heterocycles. The number of anilines is 1. The molecule has 0 unspecified atom stereocenters. The van der Waals surface area contributed by atoms with Gasteiger partial charge in [-0.3, -0.25) is 13.9 Å². The fraction of sp³-hybridized carbons (Fsp3) is 0.333. The molecule has 2 amide bonds. The second-order valence-corrected chi connectivity index (χ2v) is 12.0. The molecule has 7 nitrogen and oxygen atoms in total. The Morgan fingerprint density at radius 1 is 0.923 bits per heavy atom. The van der Waals surface area contributed by atoms with Crippen LogP contribution in [0, 0.1) is 5.92 Å². The molecule has 1 N–H and O–H groups in total. The molecule has 3 aromatic rings. The van der Waals surface area contributed by atoms with E-state index >= 15 is 0 Å². The van der Waals surface area contributed by atoms with Crippen molar-refractivity contribution in [1.82, 2.24) is 10.2 Å². The third-order valence-corrected chi connectivity index (χ3v) is 8.28. The SMILES string of the molecule is CC[C@@H](C(=O)NCC(C)C)N(CCc1ccccc1)C(=O)CN(c1cccc(Cl)c1)S(=O)(=O)c1ccccc1. The number of halogens is 1. The largest absolute Gasteiger partial charge is 0.354 e. The minimum absolute atomic E-state index is 0.0512. The van der Waals surface area contributed by atoms with E-state index in [2.05, 4.69) is 5.32 Å². The van der Waals surface area contributed by atoms with Crippen molar-refractivity contribution in [2.24, 2.45) is 5.92 Å². The van der Waals surface area contributed by atoms with Gasteiger partial charge >= 0.3 is 0 Å². The van der Waals surface area contributed by atoms with Gasteiger partial charge in [0.05, 0.1) is 10.6 Å². The van der Waals surface area contributed by atoms with Gasteiger partial charge in [0, 0.05) is 18.1 Å². The van der Waals surface area contributed by atoms with E-state index in [4.69, 9.17) is 11.6 Å². The summed E-state index contributed by atoms with van der Waals surface area (Å²) in [6.07, 6.45) is 0.899. The lowest BCUT2D eigenvalue weighted by molar-refractivity contribution is -0.139. The number of nitrogens with zero attached hydrogens (tertiary/aromatic N) is 2. The highest BCUT2D eigenvalue weighted by Gasteiger charge is 2.33. The Morgan fingerprint density at radius 2 is 1.56 bits per heavy atom. The Morgan fingerprint density at radius 3 is 2.15 bits per heavy atom. The molecule has 3 aromatic carbocycles. The van der Waals surface area contributed by atoms with E-state index in [-0.39, 0.29) is 29.0 Å². The summed E-state index contributed by atoms with van der Waals surface area (Å²) in [5.41, 5.74) is 1.27. The van der Waals surface area contributed by atoms with Gasteiger partial charge in [0.1, 0.15) is 12.6 Å². The van der Waals surface area contributed by atoms with E-state index in [1.807, 2.05) is 51.1 Å². The molecule has 0 aliphatic heterocycles. The van der Waals surface area contributed by atoms with Gasteiger partial charge in [0.15, 0.2) is 0 Å². The number of amides is 2. The summed E-state index contributed by atoms with van der Waals surface area (Å²) in [5.74, 6) is -0.487. The average molecular weight is 570 g/mol. The zero-order valence-corrected chi connectivity index (χ0v) is 24.2. The second kappa shape index (κ2) is 14.1. The molecule has 0 saturated carbocycles. The molecule has 0 aliphatic rings. The standard InChI is InChI=1S/C30H36ClN3O4S/c1-4-28(30(36)32-21-23(2)3)33(19-18-24-12-7-5-8-13-24)29(35)22-34(26-15-11-14-25(31)20-26)39(37,38)27-16-9-6-10-17-27/h5-17,20,23,28H,4,18-19,21-22H2,1-3H3,(H,32,36)/t28-/m0/s1. The van der Waals surface area contributed by atoms with Gasteiger partial charge in [-0.1, -0.05) is 87.0 Å². The number of hydrogen-bond acceptors (Lipinski definition) is 4. The van der Waals surface area contributed by atoms with E-state index in [1.165, 1.54) is 23.1 Å². The molecule has 0 aromatic heterocycles. The van der Waals surface area contributed by atoms with Crippen LogP contribution in [-0.4, -0.2) is 50.8 Å². The van der Waals surface area contributed by atoms with Crippen molar-refractivity contribution in [1.29, 1.82) is 0 Å². The van der Waals surface area contributed by atoms with Gasteiger partial charge < -0.3 is 10.2 Å². The summed E-state index contributed by atoms with van der Waals surface area (Å²) < 4.78 is 28.6. The highest BCUT2D eigenvalue weighted by Crippen LogP contribution is 2.26. The maximum absolute atomic E-state index is 14.0. The molecule has 0 saturated heterocycles. The van der Waals surface area contributed by atoms with Crippen LogP contribution in [0.15, 0.2) is 89.8 Å². The maximum Gasteiger partial charge on any atom is 0.264 e. The fourth-order valence-electron chi connectivity index (χ4n) is 4.20. The van der Waals surface area contributed by atoms with Gasteiger partial charge in [-0.2, -0.15) is 0 Å². The minimum Gasteiger partial charge on any atom is -0.354 e. The molecule has 0 spiro atoms. The Hall–Kier alpha value is -3.36. The number of sulfonamides is 1. The van der Waals surface area contributed by atoms with Crippen LogP contribution >= 0.6 is 11.6 Å². The van der Waals surface area contributed by atoms with Crippen LogP contribution in [0.3, 0.4) is 0 Å². The summed E-state index contributed by atoms with van der Waals surface area (Å²) in [6.45, 7) is 6.09. The number of carbonyl (C=O) groups is 2. The van der Waals surface area contributed by atoms with Gasteiger partial charge in [-0.05, 0) is 54.7 Å².